The highest BCUT2D eigenvalue weighted by Gasteiger charge is 2.18. The quantitative estimate of drug-likeness (QED) is 0.907. The summed E-state index contributed by atoms with van der Waals surface area (Å²) >= 11 is 6.16. The minimum absolute atomic E-state index is 0.159. The lowest BCUT2D eigenvalue weighted by atomic mass is 9.98. The maximum absolute atomic E-state index is 6.16. The van der Waals surface area contributed by atoms with Gasteiger partial charge in [-0.3, -0.25) is 0 Å². The van der Waals surface area contributed by atoms with Crippen molar-refractivity contribution in [3.8, 4) is 0 Å². The fourth-order valence-corrected chi connectivity index (χ4v) is 2.99. The van der Waals surface area contributed by atoms with Crippen molar-refractivity contribution in [2.24, 2.45) is 11.7 Å². The lowest BCUT2D eigenvalue weighted by molar-refractivity contribution is 0.0685. The predicted octanol–water partition coefficient (Wildman–Crippen LogP) is 3.09. The van der Waals surface area contributed by atoms with E-state index >= 15 is 0 Å². The molecule has 2 N–H and O–H groups in total. The molecule has 1 atom stereocenters. The maximum Gasteiger partial charge on any atom is 0.0469 e. The first-order valence-electron chi connectivity index (χ1n) is 7.39. The molecule has 0 aliphatic carbocycles. The summed E-state index contributed by atoms with van der Waals surface area (Å²) in [6.07, 6.45) is 3.17. The molecule has 20 heavy (non-hydrogen) atoms. The van der Waals surface area contributed by atoms with Crippen molar-refractivity contribution < 1.29 is 4.74 Å². The molecule has 4 heteroatoms. The largest absolute Gasteiger partial charge is 0.381 e. The van der Waals surface area contributed by atoms with E-state index in [1.165, 1.54) is 11.3 Å². The number of hydrogen-bond acceptors (Lipinski definition) is 3. The molecule has 2 rings (SSSR count). The van der Waals surface area contributed by atoms with Crippen LogP contribution in [-0.4, -0.2) is 32.8 Å². The van der Waals surface area contributed by atoms with Crippen LogP contribution in [0.4, 0.5) is 5.69 Å². The summed E-state index contributed by atoms with van der Waals surface area (Å²) in [5, 5.41) is 0.784. The standard InChI is InChI=1S/C16H25ClN2O/c1-12(18)9-14-3-4-15(17)10-16(14)19(2)11-13-5-7-20-8-6-13/h3-4,10,12-13H,5-9,11,18H2,1-2H3. The lowest BCUT2D eigenvalue weighted by Crippen LogP contribution is -2.30. The molecule has 1 fully saturated rings. The molecule has 3 nitrogen and oxygen atoms in total. The van der Waals surface area contributed by atoms with Crippen LogP contribution in [0.25, 0.3) is 0 Å². The summed E-state index contributed by atoms with van der Waals surface area (Å²) in [5.74, 6) is 0.705. The van der Waals surface area contributed by atoms with Gasteiger partial charge in [-0.05, 0) is 49.8 Å². The highest BCUT2D eigenvalue weighted by atomic mass is 35.5. The fourth-order valence-electron chi connectivity index (χ4n) is 2.83. The van der Waals surface area contributed by atoms with Crippen LogP contribution < -0.4 is 10.6 Å². The van der Waals surface area contributed by atoms with E-state index < -0.39 is 0 Å². The summed E-state index contributed by atoms with van der Waals surface area (Å²) in [4.78, 5) is 2.32. The van der Waals surface area contributed by atoms with Crippen molar-refractivity contribution in [2.45, 2.75) is 32.2 Å². The van der Waals surface area contributed by atoms with E-state index in [-0.39, 0.29) is 6.04 Å². The van der Waals surface area contributed by atoms with Crippen LogP contribution >= 0.6 is 11.6 Å². The average molecular weight is 297 g/mol. The van der Waals surface area contributed by atoms with Gasteiger partial charge >= 0.3 is 0 Å². The first-order valence-corrected chi connectivity index (χ1v) is 7.77. The average Bonchev–Trinajstić information content (AvgIpc) is 2.41. The molecule has 1 aliphatic rings. The molecule has 0 amide bonds. The summed E-state index contributed by atoms with van der Waals surface area (Å²) in [5.41, 5.74) is 8.43. The van der Waals surface area contributed by atoms with Gasteiger partial charge < -0.3 is 15.4 Å². The zero-order chi connectivity index (χ0) is 14.5. The molecule has 0 aromatic heterocycles. The number of hydrogen-bond donors (Lipinski definition) is 1. The van der Waals surface area contributed by atoms with Gasteiger partial charge in [0.25, 0.3) is 0 Å². The number of ether oxygens (including phenoxy) is 1. The molecule has 1 aliphatic heterocycles. The number of rotatable bonds is 5. The molecular formula is C16H25ClN2O. The van der Waals surface area contributed by atoms with Crippen LogP contribution in [-0.2, 0) is 11.2 Å². The summed E-state index contributed by atoms with van der Waals surface area (Å²) in [6.45, 7) is 4.87. The highest BCUT2D eigenvalue weighted by Crippen LogP contribution is 2.27. The van der Waals surface area contributed by atoms with Crippen LogP contribution in [0.1, 0.15) is 25.3 Å². The van der Waals surface area contributed by atoms with Gasteiger partial charge in [0.15, 0.2) is 0 Å². The minimum Gasteiger partial charge on any atom is -0.381 e. The van der Waals surface area contributed by atoms with Gasteiger partial charge in [-0.25, -0.2) is 0 Å². The molecule has 1 unspecified atom stereocenters. The van der Waals surface area contributed by atoms with Gasteiger partial charge in [-0.15, -0.1) is 0 Å². The Labute approximate surface area is 127 Å². The van der Waals surface area contributed by atoms with Gasteiger partial charge in [0.1, 0.15) is 0 Å². The van der Waals surface area contributed by atoms with Crippen molar-refractivity contribution in [2.75, 3.05) is 31.7 Å². The third-order valence-electron chi connectivity index (χ3n) is 3.87. The Morgan fingerprint density at radius 3 is 2.75 bits per heavy atom. The lowest BCUT2D eigenvalue weighted by Gasteiger charge is -2.30. The Morgan fingerprint density at radius 1 is 1.40 bits per heavy atom. The molecule has 0 radical (unpaired) electrons. The Bertz CT molecular complexity index is 430. The zero-order valence-electron chi connectivity index (χ0n) is 12.4. The highest BCUT2D eigenvalue weighted by molar-refractivity contribution is 6.30. The molecule has 112 valence electrons. The Hall–Kier alpha value is -0.770. The summed E-state index contributed by atoms with van der Waals surface area (Å²) < 4.78 is 5.43. The number of anilines is 1. The molecule has 1 heterocycles. The molecule has 0 spiro atoms. The van der Waals surface area contributed by atoms with Gasteiger partial charge in [-0.1, -0.05) is 17.7 Å². The second-order valence-corrected chi connectivity index (χ2v) is 6.33. The van der Waals surface area contributed by atoms with Gasteiger partial charge in [-0.2, -0.15) is 0 Å². The zero-order valence-corrected chi connectivity index (χ0v) is 13.2. The number of nitrogens with zero attached hydrogens (tertiary/aromatic N) is 1. The molecule has 0 saturated carbocycles. The number of halogens is 1. The van der Waals surface area contributed by atoms with E-state index in [9.17, 15) is 0 Å². The summed E-state index contributed by atoms with van der Waals surface area (Å²) in [7, 11) is 2.14. The van der Waals surface area contributed by atoms with Crippen molar-refractivity contribution in [3.05, 3.63) is 28.8 Å². The van der Waals surface area contributed by atoms with Crippen LogP contribution in [0.2, 0.25) is 5.02 Å². The third-order valence-corrected chi connectivity index (χ3v) is 4.11. The first kappa shape index (κ1) is 15.6. The second kappa shape index (κ2) is 7.30. The number of benzene rings is 1. The predicted molar refractivity (Wildman–Crippen MR) is 85.6 cm³/mol. The van der Waals surface area contributed by atoms with E-state index in [0.717, 1.165) is 44.0 Å². The SMILES string of the molecule is CC(N)Cc1ccc(Cl)cc1N(C)CC1CCOCC1. The van der Waals surface area contributed by atoms with Gasteiger partial charge in [0.2, 0.25) is 0 Å². The topological polar surface area (TPSA) is 38.5 Å². The molecular weight excluding hydrogens is 272 g/mol. The third kappa shape index (κ3) is 4.37. The summed E-state index contributed by atoms with van der Waals surface area (Å²) in [6, 6.07) is 6.26. The Kier molecular flexibility index (Phi) is 5.70. The van der Waals surface area contributed by atoms with Crippen molar-refractivity contribution in [1.29, 1.82) is 0 Å². The van der Waals surface area contributed by atoms with E-state index in [0.29, 0.717) is 5.92 Å². The Morgan fingerprint density at radius 2 is 2.10 bits per heavy atom. The first-order chi connectivity index (χ1) is 9.56. The molecule has 1 saturated heterocycles. The minimum atomic E-state index is 0.159. The normalized spacial score (nSPS) is 18.0. The smallest absolute Gasteiger partial charge is 0.0469 e. The van der Waals surface area contributed by atoms with E-state index in [2.05, 4.69) is 24.1 Å². The van der Waals surface area contributed by atoms with Gasteiger partial charge in [0.05, 0.1) is 0 Å². The van der Waals surface area contributed by atoms with Crippen molar-refractivity contribution in [1.82, 2.24) is 0 Å². The Balaban J connectivity index is 2.10. The van der Waals surface area contributed by atoms with E-state index in [1.54, 1.807) is 0 Å². The molecule has 1 aromatic carbocycles. The van der Waals surface area contributed by atoms with Crippen molar-refractivity contribution in [3.63, 3.8) is 0 Å². The maximum atomic E-state index is 6.16. The van der Waals surface area contributed by atoms with Crippen LogP contribution in [0.5, 0.6) is 0 Å². The van der Waals surface area contributed by atoms with E-state index in [1.807, 2.05) is 13.0 Å². The van der Waals surface area contributed by atoms with Crippen LogP contribution in [0, 0.1) is 5.92 Å². The van der Waals surface area contributed by atoms with E-state index in [4.69, 9.17) is 22.1 Å². The van der Waals surface area contributed by atoms with Crippen LogP contribution in [0.15, 0.2) is 18.2 Å². The van der Waals surface area contributed by atoms with Crippen molar-refractivity contribution >= 4 is 17.3 Å². The second-order valence-electron chi connectivity index (χ2n) is 5.89. The monoisotopic (exact) mass is 296 g/mol. The number of nitrogens with two attached hydrogens (primary N) is 1. The van der Waals surface area contributed by atoms with Crippen LogP contribution in [0.3, 0.4) is 0 Å². The fraction of sp³-hybridized carbons (Fsp3) is 0.625. The van der Waals surface area contributed by atoms with Gasteiger partial charge in [0, 0.05) is 43.6 Å². The molecule has 0 bridgehead atoms. The molecule has 1 aromatic rings.